The van der Waals surface area contributed by atoms with E-state index in [1.165, 1.54) is 5.56 Å². The van der Waals surface area contributed by atoms with Gasteiger partial charge in [-0.25, -0.2) is 0 Å². The Bertz CT molecular complexity index is 651. The molecule has 2 rings (SSSR count). The molecule has 0 heterocycles. The van der Waals surface area contributed by atoms with Crippen molar-refractivity contribution >= 4 is 31.9 Å². The summed E-state index contributed by atoms with van der Waals surface area (Å²) in [5.41, 5.74) is 14.4. The van der Waals surface area contributed by atoms with Gasteiger partial charge < -0.3 is 11.5 Å². The third kappa shape index (κ3) is 3.99. The topological polar surface area (TPSA) is 52.0 Å². The second kappa shape index (κ2) is 6.83. The monoisotopic (exact) mass is 424 g/mol. The first-order valence-electron chi connectivity index (χ1n) is 7.31. The molecule has 0 saturated carbocycles. The van der Waals surface area contributed by atoms with Crippen LogP contribution in [0.5, 0.6) is 0 Å². The van der Waals surface area contributed by atoms with E-state index in [9.17, 15) is 0 Å². The van der Waals surface area contributed by atoms with Gasteiger partial charge in [-0.05, 0) is 62.1 Å². The molecule has 0 aliphatic rings. The van der Waals surface area contributed by atoms with Crippen molar-refractivity contribution < 1.29 is 0 Å². The molecule has 2 aromatic rings. The largest absolute Gasteiger partial charge is 0.323 e. The zero-order valence-corrected chi connectivity index (χ0v) is 16.1. The second-order valence-corrected chi connectivity index (χ2v) is 8.09. The molecule has 22 heavy (non-hydrogen) atoms. The van der Waals surface area contributed by atoms with Gasteiger partial charge in [0.15, 0.2) is 0 Å². The van der Waals surface area contributed by atoms with Crippen LogP contribution in [-0.4, -0.2) is 5.54 Å². The Morgan fingerprint density at radius 1 is 0.909 bits per heavy atom. The van der Waals surface area contributed by atoms with Crippen LogP contribution in [0.15, 0.2) is 57.5 Å². The average molecular weight is 426 g/mol. The van der Waals surface area contributed by atoms with Crippen molar-refractivity contribution in [3.8, 4) is 0 Å². The minimum absolute atomic E-state index is 0.518. The molecular formula is C18H22Br2N2. The van der Waals surface area contributed by atoms with Gasteiger partial charge in [0.25, 0.3) is 0 Å². The molecule has 2 nitrogen and oxygen atoms in total. The Labute approximate surface area is 149 Å². The third-order valence-corrected chi connectivity index (χ3v) is 5.42. The lowest BCUT2D eigenvalue weighted by Crippen LogP contribution is -2.60. The Hall–Kier alpha value is -0.680. The lowest BCUT2D eigenvalue weighted by molar-refractivity contribution is 0.247. The molecule has 0 aromatic heterocycles. The lowest BCUT2D eigenvalue weighted by Gasteiger charge is -2.42. The Kier molecular flexibility index (Phi) is 5.49. The Morgan fingerprint density at radius 3 is 2.09 bits per heavy atom. The smallest absolute Gasteiger partial charge is 0.0561 e. The van der Waals surface area contributed by atoms with Gasteiger partial charge in [0.1, 0.15) is 0 Å². The summed E-state index contributed by atoms with van der Waals surface area (Å²) in [4.78, 5) is 0. The lowest BCUT2D eigenvalue weighted by atomic mass is 9.73. The maximum absolute atomic E-state index is 6.62. The predicted octanol–water partition coefficient (Wildman–Crippen LogP) is 4.74. The van der Waals surface area contributed by atoms with Gasteiger partial charge in [-0.15, -0.1) is 0 Å². The van der Waals surface area contributed by atoms with Crippen LogP contribution in [0.1, 0.15) is 31.4 Å². The summed E-state index contributed by atoms with van der Waals surface area (Å²) in [6.07, 6.45) is 1.70. The summed E-state index contributed by atoms with van der Waals surface area (Å²) in [5, 5.41) is 0. The van der Waals surface area contributed by atoms with Gasteiger partial charge in [0.05, 0.1) is 5.54 Å². The van der Waals surface area contributed by atoms with E-state index in [4.69, 9.17) is 11.5 Å². The molecule has 0 radical (unpaired) electrons. The SMILES string of the molecule is CC(N)(CCc1cccc(Br)c1)C(C)(N)c1cccc(Br)c1. The van der Waals surface area contributed by atoms with Crippen molar-refractivity contribution in [2.45, 2.75) is 37.8 Å². The van der Waals surface area contributed by atoms with Crippen molar-refractivity contribution in [3.63, 3.8) is 0 Å². The predicted molar refractivity (Wildman–Crippen MR) is 101 cm³/mol. The van der Waals surface area contributed by atoms with E-state index in [0.29, 0.717) is 0 Å². The van der Waals surface area contributed by atoms with Gasteiger partial charge in [0.2, 0.25) is 0 Å². The fraction of sp³-hybridized carbons (Fsp3) is 0.333. The van der Waals surface area contributed by atoms with Gasteiger partial charge >= 0.3 is 0 Å². The molecule has 0 spiro atoms. The van der Waals surface area contributed by atoms with E-state index >= 15 is 0 Å². The molecule has 0 bridgehead atoms. The third-order valence-electron chi connectivity index (χ3n) is 4.43. The molecule has 0 aliphatic heterocycles. The highest BCUT2D eigenvalue weighted by Crippen LogP contribution is 2.33. The minimum Gasteiger partial charge on any atom is -0.323 e. The highest BCUT2D eigenvalue weighted by molar-refractivity contribution is 9.10. The molecule has 0 amide bonds. The number of benzene rings is 2. The number of rotatable bonds is 5. The summed E-state index contributed by atoms with van der Waals surface area (Å²) in [6.45, 7) is 4.04. The average Bonchev–Trinajstić information content (AvgIpc) is 2.45. The van der Waals surface area contributed by atoms with E-state index < -0.39 is 11.1 Å². The molecule has 2 aromatic carbocycles. The molecule has 0 saturated heterocycles. The molecule has 0 aliphatic carbocycles. The number of aryl methyl sites for hydroxylation is 1. The molecule has 2 unspecified atom stereocenters. The van der Waals surface area contributed by atoms with E-state index in [-0.39, 0.29) is 0 Å². The van der Waals surface area contributed by atoms with Crippen LogP contribution < -0.4 is 11.5 Å². The zero-order chi connectivity index (χ0) is 16.4. The number of hydrogen-bond donors (Lipinski definition) is 2. The first kappa shape index (κ1) is 17.7. The summed E-state index contributed by atoms with van der Waals surface area (Å²) in [7, 11) is 0. The molecular weight excluding hydrogens is 404 g/mol. The number of hydrogen-bond acceptors (Lipinski definition) is 2. The normalized spacial score (nSPS) is 16.8. The molecule has 2 atom stereocenters. The van der Waals surface area contributed by atoms with Crippen molar-refractivity contribution in [3.05, 3.63) is 68.6 Å². The fourth-order valence-electron chi connectivity index (χ4n) is 2.50. The summed E-state index contributed by atoms with van der Waals surface area (Å²) >= 11 is 7.01. The van der Waals surface area contributed by atoms with Gasteiger partial charge in [-0.1, -0.05) is 56.1 Å². The van der Waals surface area contributed by atoms with E-state index in [0.717, 1.165) is 27.4 Å². The van der Waals surface area contributed by atoms with Crippen molar-refractivity contribution in [2.24, 2.45) is 11.5 Å². The molecule has 4 N–H and O–H groups in total. The quantitative estimate of drug-likeness (QED) is 0.726. The summed E-state index contributed by atoms with van der Waals surface area (Å²) in [6, 6.07) is 16.4. The highest BCUT2D eigenvalue weighted by atomic mass is 79.9. The van der Waals surface area contributed by atoms with Crippen LogP contribution in [0.3, 0.4) is 0 Å². The number of halogens is 2. The molecule has 0 fully saturated rings. The standard InChI is InChI=1S/C18H22Br2N2/c1-17(21,10-9-13-5-3-7-15(19)11-13)18(2,22)14-6-4-8-16(20)12-14/h3-8,11-12H,9-10,21-22H2,1-2H3. The zero-order valence-electron chi connectivity index (χ0n) is 12.9. The van der Waals surface area contributed by atoms with Crippen LogP contribution in [0.25, 0.3) is 0 Å². The maximum atomic E-state index is 6.62. The van der Waals surface area contributed by atoms with Crippen LogP contribution in [-0.2, 0) is 12.0 Å². The Balaban J connectivity index is 2.17. The highest BCUT2D eigenvalue weighted by Gasteiger charge is 2.39. The summed E-state index contributed by atoms with van der Waals surface area (Å²) < 4.78 is 2.11. The molecule has 4 heteroatoms. The van der Waals surface area contributed by atoms with Crippen molar-refractivity contribution in [2.75, 3.05) is 0 Å². The van der Waals surface area contributed by atoms with Gasteiger partial charge in [0, 0.05) is 14.5 Å². The first-order chi connectivity index (χ1) is 10.2. The maximum Gasteiger partial charge on any atom is 0.0561 e. The van der Waals surface area contributed by atoms with E-state index in [1.807, 2.05) is 50.2 Å². The van der Waals surface area contributed by atoms with E-state index in [2.05, 4.69) is 44.0 Å². The molecule has 118 valence electrons. The first-order valence-corrected chi connectivity index (χ1v) is 8.89. The van der Waals surface area contributed by atoms with Gasteiger partial charge in [-0.3, -0.25) is 0 Å². The van der Waals surface area contributed by atoms with Crippen LogP contribution in [0.2, 0.25) is 0 Å². The van der Waals surface area contributed by atoms with Crippen molar-refractivity contribution in [1.82, 2.24) is 0 Å². The van der Waals surface area contributed by atoms with Crippen LogP contribution in [0.4, 0.5) is 0 Å². The van der Waals surface area contributed by atoms with Crippen molar-refractivity contribution in [1.29, 1.82) is 0 Å². The van der Waals surface area contributed by atoms with Crippen LogP contribution in [0, 0.1) is 0 Å². The Morgan fingerprint density at radius 2 is 1.50 bits per heavy atom. The fourth-order valence-corrected chi connectivity index (χ4v) is 3.34. The van der Waals surface area contributed by atoms with Gasteiger partial charge in [-0.2, -0.15) is 0 Å². The van der Waals surface area contributed by atoms with Crippen LogP contribution >= 0.6 is 31.9 Å². The second-order valence-electron chi connectivity index (χ2n) is 6.26. The summed E-state index contributed by atoms with van der Waals surface area (Å²) in [5.74, 6) is 0. The number of nitrogens with two attached hydrogens (primary N) is 2. The minimum atomic E-state index is -0.608. The van der Waals surface area contributed by atoms with E-state index in [1.54, 1.807) is 0 Å².